The standard InChI is InChI=1S/C18H35/c1-3-5-7-9-11-13-15-17-18-16-14-12-10-8-6-4-2/h9,11H,1,3-8,10,12-18H2,2H3. The van der Waals surface area contributed by atoms with Gasteiger partial charge in [0, 0.05) is 0 Å². The molecule has 0 saturated heterocycles. The molecule has 0 aromatic heterocycles. The van der Waals surface area contributed by atoms with Crippen molar-refractivity contribution >= 4 is 0 Å². The van der Waals surface area contributed by atoms with Gasteiger partial charge in [-0.05, 0) is 25.7 Å². The van der Waals surface area contributed by atoms with Crippen LogP contribution in [0.4, 0.5) is 0 Å². The number of hydrogen-bond acceptors (Lipinski definition) is 0. The third-order valence-corrected chi connectivity index (χ3v) is 3.51. The van der Waals surface area contributed by atoms with Crippen molar-refractivity contribution < 1.29 is 0 Å². The van der Waals surface area contributed by atoms with Crippen LogP contribution in [-0.2, 0) is 0 Å². The lowest BCUT2D eigenvalue weighted by Crippen LogP contribution is -1.81. The Bertz CT molecular complexity index is 157. The van der Waals surface area contributed by atoms with Crippen LogP contribution in [0.1, 0.15) is 96.8 Å². The lowest BCUT2D eigenvalue weighted by molar-refractivity contribution is 0.557. The van der Waals surface area contributed by atoms with E-state index >= 15 is 0 Å². The van der Waals surface area contributed by atoms with Crippen LogP contribution in [0, 0.1) is 6.92 Å². The van der Waals surface area contributed by atoms with Crippen molar-refractivity contribution in [1.29, 1.82) is 0 Å². The van der Waals surface area contributed by atoms with Crippen LogP contribution in [0.2, 0.25) is 0 Å². The second kappa shape index (κ2) is 16.7. The molecule has 0 rings (SSSR count). The first kappa shape index (κ1) is 17.7. The molecule has 0 aliphatic carbocycles. The van der Waals surface area contributed by atoms with E-state index in [-0.39, 0.29) is 0 Å². The summed E-state index contributed by atoms with van der Waals surface area (Å²) in [5.74, 6) is 0. The molecule has 0 aromatic rings. The molecule has 0 saturated carbocycles. The highest BCUT2D eigenvalue weighted by Gasteiger charge is 1.91. The molecule has 0 N–H and O–H groups in total. The highest BCUT2D eigenvalue weighted by Crippen LogP contribution is 2.11. The van der Waals surface area contributed by atoms with Gasteiger partial charge in [0.05, 0.1) is 0 Å². The monoisotopic (exact) mass is 251 g/mol. The molecular weight excluding hydrogens is 216 g/mol. The minimum atomic E-state index is 1.07. The Morgan fingerprint density at radius 1 is 0.611 bits per heavy atom. The summed E-state index contributed by atoms with van der Waals surface area (Å²) < 4.78 is 0. The second-order valence-electron chi connectivity index (χ2n) is 5.44. The van der Waals surface area contributed by atoms with Crippen molar-refractivity contribution in [3.05, 3.63) is 19.1 Å². The number of hydrogen-bond donors (Lipinski definition) is 0. The molecule has 0 unspecified atom stereocenters. The lowest BCUT2D eigenvalue weighted by atomic mass is 10.1. The molecule has 0 atom stereocenters. The third-order valence-electron chi connectivity index (χ3n) is 3.51. The van der Waals surface area contributed by atoms with Gasteiger partial charge in [-0.25, -0.2) is 0 Å². The van der Waals surface area contributed by atoms with E-state index in [0.717, 1.165) is 6.42 Å². The Hall–Kier alpha value is -0.260. The summed E-state index contributed by atoms with van der Waals surface area (Å²) in [5, 5.41) is 0. The maximum absolute atomic E-state index is 3.85. The van der Waals surface area contributed by atoms with Crippen LogP contribution < -0.4 is 0 Å². The molecule has 0 aliphatic heterocycles. The Kier molecular flexibility index (Phi) is 16.5. The topological polar surface area (TPSA) is 0 Å². The Morgan fingerprint density at radius 2 is 1.06 bits per heavy atom. The van der Waals surface area contributed by atoms with Gasteiger partial charge in [0.15, 0.2) is 0 Å². The lowest BCUT2D eigenvalue weighted by Gasteiger charge is -2.01. The van der Waals surface area contributed by atoms with E-state index in [2.05, 4.69) is 26.0 Å². The van der Waals surface area contributed by atoms with E-state index < -0.39 is 0 Å². The van der Waals surface area contributed by atoms with Crippen molar-refractivity contribution in [3.8, 4) is 0 Å². The summed E-state index contributed by atoms with van der Waals surface area (Å²) >= 11 is 0. The van der Waals surface area contributed by atoms with E-state index in [4.69, 9.17) is 0 Å². The molecule has 0 heteroatoms. The van der Waals surface area contributed by atoms with Gasteiger partial charge in [-0.3, -0.25) is 0 Å². The summed E-state index contributed by atoms with van der Waals surface area (Å²) in [6, 6.07) is 0. The maximum Gasteiger partial charge on any atom is -0.0351 e. The molecule has 0 fully saturated rings. The van der Waals surface area contributed by atoms with E-state index in [0.29, 0.717) is 0 Å². The van der Waals surface area contributed by atoms with Crippen molar-refractivity contribution in [1.82, 2.24) is 0 Å². The van der Waals surface area contributed by atoms with Gasteiger partial charge in [0.2, 0.25) is 0 Å². The summed E-state index contributed by atoms with van der Waals surface area (Å²) in [4.78, 5) is 0. The second-order valence-corrected chi connectivity index (χ2v) is 5.44. The summed E-state index contributed by atoms with van der Waals surface area (Å²) in [5.41, 5.74) is 0. The van der Waals surface area contributed by atoms with Crippen LogP contribution in [0.5, 0.6) is 0 Å². The normalized spacial score (nSPS) is 11.4. The van der Waals surface area contributed by atoms with Crippen molar-refractivity contribution in [2.75, 3.05) is 0 Å². The summed E-state index contributed by atoms with van der Waals surface area (Å²) in [7, 11) is 0. The predicted molar refractivity (Wildman–Crippen MR) is 84.8 cm³/mol. The van der Waals surface area contributed by atoms with Crippen molar-refractivity contribution in [2.24, 2.45) is 0 Å². The molecule has 0 bridgehead atoms. The highest BCUT2D eigenvalue weighted by molar-refractivity contribution is 4.81. The Morgan fingerprint density at radius 3 is 1.56 bits per heavy atom. The maximum atomic E-state index is 3.85. The first-order chi connectivity index (χ1) is 8.91. The molecule has 107 valence electrons. The first-order valence-electron chi connectivity index (χ1n) is 8.36. The van der Waals surface area contributed by atoms with Crippen LogP contribution in [0.25, 0.3) is 0 Å². The molecular formula is C18H35. The van der Waals surface area contributed by atoms with E-state index in [9.17, 15) is 0 Å². The SMILES string of the molecule is [CH2]CCCC=CCCCCCCCCCCCC. The smallest absolute Gasteiger partial charge is 0.0351 e. The number of rotatable bonds is 14. The summed E-state index contributed by atoms with van der Waals surface area (Å²) in [6.07, 6.45) is 23.9. The molecule has 0 amide bonds. The molecule has 0 aliphatic rings. The predicted octanol–water partition coefficient (Wildman–Crippen LogP) is 6.86. The van der Waals surface area contributed by atoms with Gasteiger partial charge in [-0.2, -0.15) is 0 Å². The van der Waals surface area contributed by atoms with E-state index in [1.165, 1.54) is 83.5 Å². The third kappa shape index (κ3) is 15.7. The quantitative estimate of drug-likeness (QED) is 0.234. The zero-order valence-electron chi connectivity index (χ0n) is 12.8. The molecule has 0 aromatic carbocycles. The fourth-order valence-corrected chi connectivity index (χ4v) is 2.25. The zero-order valence-corrected chi connectivity index (χ0v) is 12.8. The number of allylic oxidation sites excluding steroid dienone is 2. The average Bonchev–Trinajstić information content (AvgIpc) is 2.39. The van der Waals surface area contributed by atoms with Crippen LogP contribution >= 0.6 is 0 Å². The van der Waals surface area contributed by atoms with Gasteiger partial charge in [-0.15, -0.1) is 0 Å². The average molecular weight is 251 g/mol. The van der Waals surface area contributed by atoms with Gasteiger partial charge in [0.25, 0.3) is 0 Å². The molecule has 1 radical (unpaired) electrons. The molecule has 0 nitrogen and oxygen atoms in total. The van der Waals surface area contributed by atoms with Gasteiger partial charge in [-0.1, -0.05) is 90.2 Å². The Balaban J connectivity index is 2.96. The molecule has 0 spiro atoms. The number of unbranched alkanes of at least 4 members (excludes halogenated alkanes) is 12. The van der Waals surface area contributed by atoms with Gasteiger partial charge >= 0.3 is 0 Å². The largest absolute Gasteiger partial charge is 0.0885 e. The van der Waals surface area contributed by atoms with E-state index in [1.807, 2.05) is 0 Å². The fourth-order valence-electron chi connectivity index (χ4n) is 2.25. The molecule has 18 heavy (non-hydrogen) atoms. The van der Waals surface area contributed by atoms with Crippen LogP contribution in [-0.4, -0.2) is 0 Å². The van der Waals surface area contributed by atoms with Gasteiger partial charge < -0.3 is 0 Å². The minimum absolute atomic E-state index is 1.07. The van der Waals surface area contributed by atoms with Crippen molar-refractivity contribution in [3.63, 3.8) is 0 Å². The fraction of sp³-hybridized carbons (Fsp3) is 0.833. The van der Waals surface area contributed by atoms with Crippen LogP contribution in [0.15, 0.2) is 12.2 Å². The first-order valence-corrected chi connectivity index (χ1v) is 8.36. The minimum Gasteiger partial charge on any atom is -0.0885 e. The highest BCUT2D eigenvalue weighted by atomic mass is 14.0. The molecule has 0 heterocycles. The van der Waals surface area contributed by atoms with E-state index in [1.54, 1.807) is 0 Å². The van der Waals surface area contributed by atoms with Crippen molar-refractivity contribution in [2.45, 2.75) is 96.8 Å². The Labute approximate surface area is 116 Å². The van der Waals surface area contributed by atoms with Crippen LogP contribution in [0.3, 0.4) is 0 Å². The summed E-state index contributed by atoms with van der Waals surface area (Å²) in [6.45, 7) is 6.14. The van der Waals surface area contributed by atoms with Gasteiger partial charge in [0.1, 0.15) is 0 Å². The zero-order chi connectivity index (χ0) is 13.3.